The summed E-state index contributed by atoms with van der Waals surface area (Å²) in [6.45, 7) is 6.51. The molecule has 0 radical (unpaired) electrons. The summed E-state index contributed by atoms with van der Waals surface area (Å²) in [6.07, 6.45) is 5.08. The van der Waals surface area contributed by atoms with Gasteiger partial charge in [-0.1, -0.05) is 42.5 Å². The van der Waals surface area contributed by atoms with Crippen molar-refractivity contribution < 1.29 is 4.74 Å². The first-order valence-electron chi connectivity index (χ1n) is 10.6. The standard InChI is InChI=1S/C24H32N2O/c1-2-6-22(7-3-1)23-12-15-26(16-13-23)18-20-8-10-24(11-9-20)27-19-21-5-4-14-25-17-21/h1-3,6-11,21,23,25H,4-5,12-19H2/t21-/m1/s1. The number of hydrogen-bond acceptors (Lipinski definition) is 3. The van der Waals surface area contributed by atoms with Gasteiger partial charge >= 0.3 is 0 Å². The van der Waals surface area contributed by atoms with E-state index in [1.54, 1.807) is 0 Å². The molecule has 0 spiro atoms. The molecular formula is C24H32N2O. The number of likely N-dealkylation sites (tertiary alicyclic amines) is 1. The van der Waals surface area contributed by atoms with Gasteiger partial charge in [0, 0.05) is 19.0 Å². The largest absolute Gasteiger partial charge is 0.493 e. The van der Waals surface area contributed by atoms with Crippen LogP contribution < -0.4 is 10.1 Å². The van der Waals surface area contributed by atoms with Crippen molar-refractivity contribution in [1.82, 2.24) is 10.2 Å². The predicted molar refractivity (Wildman–Crippen MR) is 111 cm³/mol. The van der Waals surface area contributed by atoms with E-state index >= 15 is 0 Å². The molecule has 0 bridgehead atoms. The van der Waals surface area contributed by atoms with Gasteiger partial charge in [-0.25, -0.2) is 0 Å². The molecule has 0 aliphatic carbocycles. The number of benzene rings is 2. The summed E-state index contributed by atoms with van der Waals surface area (Å²) in [4.78, 5) is 2.59. The number of ether oxygens (including phenoxy) is 1. The molecule has 2 aromatic carbocycles. The average Bonchev–Trinajstić information content (AvgIpc) is 2.75. The summed E-state index contributed by atoms with van der Waals surface area (Å²) in [5.74, 6) is 2.39. The molecular weight excluding hydrogens is 332 g/mol. The van der Waals surface area contributed by atoms with Crippen LogP contribution in [0.15, 0.2) is 54.6 Å². The summed E-state index contributed by atoms with van der Waals surface area (Å²) in [5, 5.41) is 3.45. The molecule has 2 heterocycles. The van der Waals surface area contributed by atoms with Crippen LogP contribution in [0.3, 0.4) is 0 Å². The highest BCUT2D eigenvalue weighted by Crippen LogP contribution is 2.28. The van der Waals surface area contributed by atoms with E-state index in [2.05, 4.69) is 64.8 Å². The van der Waals surface area contributed by atoms with E-state index in [0.717, 1.165) is 37.9 Å². The second-order valence-electron chi connectivity index (χ2n) is 8.13. The second kappa shape index (κ2) is 9.38. The van der Waals surface area contributed by atoms with Gasteiger partial charge in [0.25, 0.3) is 0 Å². The Balaban J connectivity index is 1.22. The minimum absolute atomic E-state index is 0.657. The van der Waals surface area contributed by atoms with Crippen molar-refractivity contribution in [2.24, 2.45) is 5.92 Å². The molecule has 2 fully saturated rings. The third kappa shape index (κ3) is 5.33. The van der Waals surface area contributed by atoms with Crippen molar-refractivity contribution >= 4 is 0 Å². The second-order valence-corrected chi connectivity index (χ2v) is 8.13. The van der Waals surface area contributed by atoms with Crippen molar-refractivity contribution in [3.05, 3.63) is 65.7 Å². The fraction of sp³-hybridized carbons (Fsp3) is 0.500. The normalized spacial score (nSPS) is 21.9. The summed E-state index contributed by atoms with van der Waals surface area (Å²) in [6, 6.07) is 19.7. The Labute approximate surface area is 163 Å². The lowest BCUT2D eigenvalue weighted by Gasteiger charge is -2.32. The van der Waals surface area contributed by atoms with Gasteiger partial charge in [0.2, 0.25) is 0 Å². The Morgan fingerprint density at radius 2 is 1.70 bits per heavy atom. The molecule has 27 heavy (non-hydrogen) atoms. The molecule has 0 amide bonds. The van der Waals surface area contributed by atoms with Crippen molar-refractivity contribution in [2.45, 2.75) is 38.1 Å². The van der Waals surface area contributed by atoms with Crippen LogP contribution in [0.25, 0.3) is 0 Å². The predicted octanol–water partition coefficient (Wildman–Crippen LogP) is 4.44. The first-order valence-corrected chi connectivity index (χ1v) is 10.6. The quantitative estimate of drug-likeness (QED) is 0.820. The summed E-state index contributed by atoms with van der Waals surface area (Å²) in [7, 11) is 0. The number of nitrogens with zero attached hydrogens (tertiary/aromatic N) is 1. The van der Waals surface area contributed by atoms with Crippen molar-refractivity contribution in [3.63, 3.8) is 0 Å². The van der Waals surface area contributed by atoms with Gasteiger partial charge in [0.15, 0.2) is 0 Å². The number of nitrogens with one attached hydrogen (secondary N) is 1. The summed E-state index contributed by atoms with van der Waals surface area (Å²) in [5.41, 5.74) is 2.90. The van der Waals surface area contributed by atoms with Gasteiger partial charge in [-0.2, -0.15) is 0 Å². The smallest absolute Gasteiger partial charge is 0.119 e. The van der Waals surface area contributed by atoms with Crippen LogP contribution in [0.2, 0.25) is 0 Å². The van der Waals surface area contributed by atoms with Crippen LogP contribution in [-0.2, 0) is 6.54 Å². The molecule has 2 saturated heterocycles. The fourth-order valence-electron chi connectivity index (χ4n) is 4.38. The Morgan fingerprint density at radius 1 is 0.926 bits per heavy atom. The molecule has 0 saturated carbocycles. The molecule has 2 aliphatic rings. The maximum atomic E-state index is 6.00. The van der Waals surface area contributed by atoms with Crippen LogP contribution in [0, 0.1) is 5.92 Å². The SMILES string of the molecule is c1ccc(C2CCN(Cc3ccc(OC[C@@H]4CCCNC4)cc3)CC2)cc1. The number of rotatable bonds is 6. The molecule has 144 valence electrons. The van der Waals surface area contributed by atoms with E-state index in [0.29, 0.717) is 5.92 Å². The zero-order valence-corrected chi connectivity index (χ0v) is 16.3. The first kappa shape index (κ1) is 18.5. The average molecular weight is 365 g/mol. The highest BCUT2D eigenvalue weighted by molar-refractivity contribution is 5.27. The van der Waals surface area contributed by atoms with Crippen LogP contribution in [-0.4, -0.2) is 37.7 Å². The lowest BCUT2D eigenvalue weighted by Crippen LogP contribution is -2.33. The van der Waals surface area contributed by atoms with Crippen molar-refractivity contribution in [1.29, 1.82) is 0 Å². The Bertz CT molecular complexity index is 671. The highest BCUT2D eigenvalue weighted by Gasteiger charge is 2.20. The third-order valence-corrected chi connectivity index (χ3v) is 6.07. The van der Waals surface area contributed by atoms with Crippen molar-refractivity contribution in [2.75, 3.05) is 32.8 Å². The topological polar surface area (TPSA) is 24.5 Å². The molecule has 2 aromatic rings. The Hall–Kier alpha value is -1.84. The number of hydrogen-bond donors (Lipinski definition) is 1. The van der Waals surface area contributed by atoms with E-state index in [1.165, 1.54) is 49.9 Å². The summed E-state index contributed by atoms with van der Waals surface area (Å²) < 4.78 is 6.00. The lowest BCUT2D eigenvalue weighted by molar-refractivity contribution is 0.204. The fourth-order valence-corrected chi connectivity index (χ4v) is 4.38. The molecule has 1 atom stereocenters. The first-order chi connectivity index (χ1) is 13.4. The van der Waals surface area contributed by atoms with Gasteiger partial charge in [0.05, 0.1) is 6.61 Å². The molecule has 3 heteroatoms. The molecule has 0 unspecified atom stereocenters. The van der Waals surface area contributed by atoms with E-state index in [4.69, 9.17) is 4.74 Å². The van der Waals surface area contributed by atoms with Gasteiger partial charge < -0.3 is 10.1 Å². The van der Waals surface area contributed by atoms with Gasteiger partial charge in [0.1, 0.15) is 5.75 Å². The molecule has 3 nitrogen and oxygen atoms in total. The van der Waals surface area contributed by atoms with Gasteiger partial charge in [-0.3, -0.25) is 4.90 Å². The molecule has 1 N–H and O–H groups in total. The Kier molecular flexibility index (Phi) is 6.44. The maximum Gasteiger partial charge on any atom is 0.119 e. The highest BCUT2D eigenvalue weighted by atomic mass is 16.5. The van der Waals surface area contributed by atoms with Gasteiger partial charge in [-0.05, 0) is 74.5 Å². The summed E-state index contributed by atoms with van der Waals surface area (Å²) >= 11 is 0. The van der Waals surface area contributed by atoms with E-state index in [9.17, 15) is 0 Å². The molecule has 4 rings (SSSR count). The zero-order valence-electron chi connectivity index (χ0n) is 16.3. The Morgan fingerprint density at radius 3 is 2.41 bits per heavy atom. The minimum atomic E-state index is 0.657. The van der Waals surface area contributed by atoms with Gasteiger partial charge in [-0.15, -0.1) is 0 Å². The number of piperidine rings is 2. The van der Waals surface area contributed by atoms with Crippen LogP contribution in [0.1, 0.15) is 42.7 Å². The van der Waals surface area contributed by atoms with Crippen LogP contribution >= 0.6 is 0 Å². The van der Waals surface area contributed by atoms with E-state index in [1.807, 2.05) is 0 Å². The maximum absolute atomic E-state index is 6.00. The van der Waals surface area contributed by atoms with Crippen molar-refractivity contribution in [3.8, 4) is 5.75 Å². The lowest BCUT2D eigenvalue weighted by atomic mass is 9.89. The molecule has 0 aromatic heterocycles. The molecule has 2 aliphatic heterocycles. The third-order valence-electron chi connectivity index (χ3n) is 6.07. The van der Waals surface area contributed by atoms with E-state index in [-0.39, 0.29) is 0 Å². The van der Waals surface area contributed by atoms with Crippen LogP contribution in [0.5, 0.6) is 5.75 Å². The zero-order chi connectivity index (χ0) is 18.3. The minimum Gasteiger partial charge on any atom is -0.493 e. The van der Waals surface area contributed by atoms with E-state index < -0.39 is 0 Å². The van der Waals surface area contributed by atoms with Crippen LogP contribution in [0.4, 0.5) is 0 Å². The monoisotopic (exact) mass is 364 g/mol.